The second kappa shape index (κ2) is 6.80. The number of amides is 1. The van der Waals surface area contributed by atoms with Crippen LogP contribution in [0.4, 0.5) is 5.69 Å². The van der Waals surface area contributed by atoms with E-state index in [1.54, 1.807) is 18.2 Å². The number of rotatable bonds is 5. The van der Waals surface area contributed by atoms with Crippen LogP contribution in [-0.4, -0.2) is 20.4 Å². The summed E-state index contributed by atoms with van der Waals surface area (Å²) in [7, 11) is 0. The summed E-state index contributed by atoms with van der Waals surface area (Å²) < 4.78 is 1.88. The molecule has 130 valence electrons. The SMILES string of the molecule is CC(C)CC(C(=O)Nc1ccc2[nH]c(=O)c(=O)[nH]c2c1)n1cccc1. The lowest BCUT2D eigenvalue weighted by Gasteiger charge is -2.20. The Balaban J connectivity index is 1.88. The van der Waals surface area contributed by atoms with E-state index in [0.29, 0.717) is 29.1 Å². The van der Waals surface area contributed by atoms with Gasteiger partial charge in [0.1, 0.15) is 6.04 Å². The smallest absolute Gasteiger partial charge is 0.314 e. The third-order valence-electron chi connectivity index (χ3n) is 3.97. The van der Waals surface area contributed by atoms with E-state index >= 15 is 0 Å². The highest BCUT2D eigenvalue weighted by Crippen LogP contribution is 2.21. The van der Waals surface area contributed by atoms with E-state index in [1.807, 2.05) is 29.1 Å². The Morgan fingerprint density at radius 1 is 1.08 bits per heavy atom. The molecule has 1 aromatic carbocycles. The zero-order valence-electron chi connectivity index (χ0n) is 14.1. The molecule has 3 N–H and O–H groups in total. The van der Waals surface area contributed by atoms with Gasteiger partial charge >= 0.3 is 11.1 Å². The molecule has 25 heavy (non-hydrogen) atoms. The van der Waals surface area contributed by atoms with Gasteiger partial charge in [-0.15, -0.1) is 0 Å². The number of nitrogens with one attached hydrogen (secondary N) is 3. The van der Waals surface area contributed by atoms with Crippen molar-refractivity contribution in [2.75, 3.05) is 5.32 Å². The number of fused-ring (bicyclic) bond motifs is 1. The fourth-order valence-corrected chi connectivity index (χ4v) is 2.78. The Morgan fingerprint density at radius 2 is 1.72 bits per heavy atom. The quantitative estimate of drug-likeness (QED) is 0.621. The summed E-state index contributed by atoms with van der Waals surface area (Å²) in [6, 6.07) is 8.42. The van der Waals surface area contributed by atoms with E-state index < -0.39 is 11.1 Å². The summed E-state index contributed by atoms with van der Waals surface area (Å²) in [6.45, 7) is 4.14. The molecular formula is C18H20N4O3. The minimum atomic E-state index is -0.721. The minimum absolute atomic E-state index is 0.129. The normalized spacial score (nSPS) is 12.4. The molecule has 0 bridgehead atoms. The van der Waals surface area contributed by atoms with E-state index in [0.717, 1.165) is 0 Å². The first-order chi connectivity index (χ1) is 11.9. The molecule has 0 saturated heterocycles. The van der Waals surface area contributed by atoms with E-state index in [4.69, 9.17) is 0 Å². The maximum Gasteiger partial charge on any atom is 0.314 e. The van der Waals surface area contributed by atoms with E-state index in [-0.39, 0.29) is 11.9 Å². The molecule has 7 heteroatoms. The molecule has 0 aliphatic rings. The van der Waals surface area contributed by atoms with Crippen LogP contribution in [0, 0.1) is 5.92 Å². The van der Waals surface area contributed by atoms with Crippen LogP contribution in [0.2, 0.25) is 0 Å². The van der Waals surface area contributed by atoms with Crippen molar-refractivity contribution in [3.8, 4) is 0 Å². The van der Waals surface area contributed by atoms with E-state index in [1.165, 1.54) is 0 Å². The topological polar surface area (TPSA) is 99.8 Å². The van der Waals surface area contributed by atoms with Gasteiger partial charge in [-0.2, -0.15) is 0 Å². The molecule has 2 aromatic heterocycles. The van der Waals surface area contributed by atoms with Gasteiger partial charge in [0.2, 0.25) is 5.91 Å². The summed E-state index contributed by atoms with van der Waals surface area (Å²) in [4.78, 5) is 40.5. The number of benzene rings is 1. The van der Waals surface area contributed by atoms with Gasteiger partial charge in [-0.05, 0) is 42.7 Å². The first-order valence-electron chi connectivity index (χ1n) is 8.13. The summed E-state index contributed by atoms with van der Waals surface area (Å²) in [5, 5.41) is 2.89. The maximum atomic E-state index is 12.7. The average Bonchev–Trinajstić information content (AvgIpc) is 3.08. The largest absolute Gasteiger partial charge is 0.342 e. The number of hydrogen-bond acceptors (Lipinski definition) is 3. The zero-order valence-corrected chi connectivity index (χ0v) is 14.1. The van der Waals surface area contributed by atoms with Gasteiger partial charge in [0.25, 0.3) is 0 Å². The Bertz CT molecular complexity index is 999. The van der Waals surface area contributed by atoms with Gasteiger partial charge in [-0.25, -0.2) is 0 Å². The molecule has 0 fully saturated rings. The predicted octanol–water partition coefficient (Wildman–Crippen LogP) is 2.24. The Labute approximate surface area is 143 Å². The lowest BCUT2D eigenvalue weighted by Crippen LogP contribution is -2.29. The number of hydrogen-bond donors (Lipinski definition) is 3. The van der Waals surface area contributed by atoms with Crippen LogP contribution >= 0.6 is 0 Å². The molecule has 2 heterocycles. The molecule has 0 spiro atoms. The fourth-order valence-electron chi connectivity index (χ4n) is 2.78. The monoisotopic (exact) mass is 340 g/mol. The van der Waals surface area contributed by atoms with Gasteiger partial charge in [0.15, 0.2) is 0 Å². The standard InChI is InChI=1S/C18H20N4O3/c1-11(2)9-15(22-7-3-4-8-22)16(23)19-12-5-6-13-14(10-12)21-18(25)17(24)20-13/h3-8,10-11,15H,9H2,1-2H3,(H,19,23)(H,20,24)(H,21,25). The molecule has 0 aliphatic heterocycles. The first-order valence-corrected chi connectivity index (χ1v) is 8.13. The molecule has 1 atom stereocenters. The molecular weight excluding hydrogens is 320 g/mol. The summed E-state index contributed by atoms with van der Waals surface area (Å²) in [6.07, 6.45) is 4.45. The minimum Gasteiger partial charge on any atom is -0.342 e. The van der Waals surface area contributed by atoms with Crippen LogP contribution in [-0.2, 0) is 4.79 Å². The van der Waals surface area contributed by atoms with Crippen molar-refractivity contribution in [1.29, 1.82) is 0 Å². The predicted molar refractivity (Wildman–Crippen MR) is 96.7 cm³/mol. The molecule has 1 unspecified atom stereocenters. The second-order valence-electron chi connectivity index (χ2n) is 6.43. The van der Waals surface area contributed by atoms with Crippen molar-refractivity contribution < 1.29 is 4.79 Å². The highest BCUT2D eigenvalue weighted by molar-refractivity contribution is 5.95. The third-order valence-corrected chi connectivity index (χ3v) is 3.97. The van der Waals surface area contributed by atoms with Crippen LogP contribution in [0.1, 0.15) is 26.3 Å². The lowest BCUT2D eigenvalue weighted by molar-refractivity contribution is -0.119. The zero-order chi connectivity index (χ0) is 18.0. The summed E-state index contributed by atoms with van der Waals surface area (Å²) in [5.41, 5.74) is 0.103. The van der Waals surface area contributed by atoms with Crippen LogP contribution in [0.5, 0.6) is 0 Å². The van der Waals surface area contributed by atoms with Crippen molar-refractivity contribution in [3.63, 3.8) is 0 Å². The van der Waals surface area contributed by atoms with Crippen LogP contribution in [0.3, 0.4) is 0 Å². The Morgan fingerprint density at radius 3 is 2.36 bits per heavy atom. The number of H-pyrrole nitrogens is 2. The van der Waals surface area contributed by atoms with Crippen LogP contribution in [0.25, 0.3) is 11.0 Å². The number of nitrogens with zero attached hydrogens (tertiary/aromatic N) is 1. The van der Waals surface area contributed by atoms with Crippen molar-refractivity contribution >= 4 is 22.6 Å². The van der Waals surface area contributed by atoms with E-state index in [9.17, 15) is 14.4 Å². The third kappa shape index (κ3) is 3.71. The number of aromatic nitrogens is 3. The maximum absolute atomic E-state index is 12.7. The number of carbonyl (C=O) groups is 1. The van der Waals surface area contributed by atoms with Crippen LogP contribution in [0.15, 0.2) is 52.3 Å². The van der Waals surface area contributed by atoms with Crippen molar-refractivity contribution in [2.24, 2.45) is 5.92 Å². The second-order valence-corrected chi connectivity index (χ2v) is 6.43. The van der Waals surface area contributed by atoms with Gasteiger partial charge in [-0.3, -0.25) is 14.4 Å². The van der Waals surface area contributed by atoms with Gasteiger partial charge in [0, 0.05) is 18.1 Å². The average molecular weight is 340 g/mol. The molecule has 0 saturated carbocycles. The number of anilines is 1. The van der Waals surface area contributed by atoms with Gasteiger partial charge < -0.3 is 19.9 Å². The lowest BCUT2D eigenvalue weighted by atomic mass is 10.0. The Hall–Kier alpha value is -3.09. The van der Waals surface area contributed by atoms with Gasteiger partial charge in [0.05, 0.1) is 11.0 Å². The molecule has 0 aliphatic carbocycles. The number of carbonyl (C=O) groups excluding carboxylic acids is 1. The van der Waals surface area contributed by atoms with Gasteiger partial charge in [-0.1, -0.05) is 13.8 Å². The fraction of sp³-hybridized carbons (Fsp3) is 0.278. The molecule has 3 aromatic rings. The molecule has 1 amide bonds. The molecule has 0 radical (unpaired) electrons. The Kier molecular flexibility index (Phi) is 4.56. The molecule has 7 nitrogen and oxygen atoms in total. The van der Waals surface area contributed by atoms with Crippen molar-refractivity contribution in [1.82, 2.24) is 14.5 Å². The van der Waals surface area contributed by atoms with E-state index in [2.05, 4.69) is 29.1 Å². The number of aromatic amines is 2. The van der Waals surface area contributed by atoms with Crippen molar-refractivity contribution in [3.05, 3.63) is 63.4 Å². The molecule has 3 rings (SSSR count). The highest BCUT2D eigenvalue weighted by atomic mass is 16.2. The highest BCUT2D eigenvalue weighted by Gasteiger charge is 2.21. The summed E-state index contributed by atoms with van der Waals surface area (Å²) in [5.74, 6) is 0.229. The first kappa shape index (κ1) is 16.8. The van der Waals surface area contributed by atoms with Crippen LogP contribution < -0.4 is 16.4 Å². The summed E-state index contributed by atoms with van der Waals surface area (Å²) >= 11 is 0. The van der Waals surface area contributed by atoms with Crippen molar-refractivity contribution in [2.45, 2.75) is 26.3 Å².